The number of benzene rings is 2. The molecule has 0 amide bonds. The zero-order valence-electron chi connectivity index (χ0n) is 25.2. The normalized spacial score (nSPS) is 21.0. The first-order chi connectivity index (χ1) is 18.4. The molecule has 1 fully saturated rings. The highest BCUT2D eigenvalue weighted by Gasteiger charge is 2.54. The average molecular weight is 552 g/mol. The van der Waals surface area contributed by atoms with Gasteiger partial charge in [-0.2, -0.15) is 0 Å². The van der Waals surface area contributed by atoms with Crippen molar-refractivity contribution in [2.24, 2.45) is 11.3 Å². The summed E-state index contributed by atoms with van der Waals surface area (Å²) in [5, 5.41) is -0.0283. The van der Waals surface area contributed by atoms with Crippen LogP contribution in [0.5, 0.6) is 0 Å². The fourth-order valence-corrected chi connectivity index (χ4v) is 6.86. The van der Waals surface area contributed by atoms with Crippen molar-refractivity contribution in [3.05, 3.63) is 71.8 Å². The molecule has 0 saturated heterocycles. The molecule has 0 heterocycles. The van der Waals surface area contributed by atoms with Crippen LogP contribution >= 0.6 is 0 Å². The summed E-state index contributed by atoms with van der Waals surface area (Å²) in [6.45, 7) is 17.1. The minimum atomic E-state index is -2.29. The molecule has 1 saturated carbocycles. The van der Waals surface area contributed by atoms with Gasteiger partial charge >= 0.3 is 5.97 Å². The monoisotopic (exact) mass is 551 g/mol. The molecule has 3 atom stereocenters. The standard InChI is InChI=1S/C33H49NO4Si/c1-8-37-31(36)33(21-15-20-29(22-33)26(2)35)30(38-39(6,7)32(3,4)5)25-34(23-27-16-11-9-12-17-27)24-28-18-13-10-14-19-28/h9-14,16-19,29-30H,8,15,20-25H2,1-7H3. The molecule has 1 aliphatic carbocycles. The SMILES string of the molecule is CCOC(=O)C1(C(CN(Cc2ccccc2)Cc2ccccc2)O[Si](C)(C)C(C)(C)C)CCCC(C(C)=O)C1. The Balaban J connectivity index is 2.08. The molecule has 2 aromatic carbocycles. The lowest BCUT2D eigenvalue weighted by Gasteiger charge is -2.49. The zero-order chi connectivity index (χ0) is 28.7. The van der Waals surface area contributed by atoms with E-state index in [1.54, 1.807) is 6.92 Å². The van der Waals surface area contributed by atoms with Crippen LogP contribution in [0.4, 0.5) is 0 Å². The first kappa shape index (κ1) is 31.2. The maximum absolute atomic E-state index is 13.9. The van der Waals surface area contributed by atoms with Gasteiger partial charge in [0, 0.05) is 25.6 Å². The third kappa shape index (κ3) is 8.12. The number of hydrogen-bond donors (Lipinski definition) is 0. The molecule has 0 aliphatic heterocycles. The van der Waals surface area contributed by atoms with Gasteiger partial charge in [-0.3, -0.25) is 14.5 Å². The number of rotatable bonds is 12. The fraction of sp³-hybridized carbons (Fsp3) is 0.576. The molecule has 2 aromatic rings. The van der Waals surface area contributed by atoms with E-state index in [0.29, 0.717) is 26.0 Å². The Morgan fingerprint density at radius 3 is 2.00 bits per heavy atom. The Kier molecular flexibility index (Phi) is 10.7. The zero-order valence-corrected chi connectivity index (χ0v) is 26.2. The third-order valence-corrected chi connectivity index (χ3v) is 13.3. The molecule has 39 heavy (non-hydrogen) atoms. The van der Waals surface area contributed by atoms with Crippen molar-refractivity contribution in [2.45, 2.75) is 97.6 Å². The van der Waals surface area contributed by atoms with Crippen molar-refractivity contribution in [2.75, 3.05) is 13.2 Å². The van der Waals surface area contributed by atoms with Gasteiger partial charge in [-0.15, -0.1) is 0 Å². The highest BCUT2D eigenvalue weighted by molar-refractivity contribution is 6.74. The summed E-state index contributed by atoms with van der Waals surface area (Å²) in [5.41, 5.74) is 1.58. The van der Waals surface area contributed by atoms with Crippen molar-refractivity contribution in [3.63, 3.8) is 0 Å². The number of Topliss-reactive ketones (excluding diaryl/α,β-unsaturated/α-hetero) is 1. The second-order valence-electron chi connectivity index (χ2n) is 12.8. The van der Waals surface area contributed by atoms with Gasteiger partial charge in [0.25, 0.3) is 0 Å². The molecule has 0 N–H and O–H groups in total. The largest absolute Gasteiger partial charge is 0.465 e. The lowest BCUT2D eigenvalue weighted by atomic mass is 9.65. The van der Waals surface area contributed by atoms with Gasteiger partial charge in [0.15, 0.2) is 8.32 Å². The summed E-state index contributed by atoms with van der Waals surface area (Å²) in [7, 11) is -2.29. The van der Waals surface area contributed by atoms with Crippen LogP contribution in [-0.4, -0.2) is 44.2 Å². The number of hydrogen-bond acceptors (Lipinski definition) is 5. The molecule has 0 aromatic heterocycles. The van der Waals surface area contributed by atoms with E-state index in [4.69, 9.17) is 9.16 Å². The number of carbonyl (C=O) groups excluding carboxylic acids is 2. The maximum Gasteiger partial charge on any atom is 0.314 e. The summed E-state index contributed by atoms with van der Waals surface area (Å²) >= 11 is 0. The highest BCUT2D eigenvalue weighted by Crippen LogP contribution is 2.48. The van der Waals surface area contributed by atoms with Gasteiger partial charge in [0.1, 0.15) is 5.78 Å². The topological polar surface area (TPSA) is 55.8 Å². The molecular formula is C33H49NO4Si. The number of ether oxygens (including phenoxy) is 1. The van der Waals surface area contributed by atoms with E-state index in [9.17, 15) is 9.59 Å². The molecule has 1 aliphatic rings. The Morgan fingerprint density at radius 2 is 1.54 bits per heavy atom. The number of ketones is 1. The van der Waals surface area contributed by atoms with Crippen LogP contribution in [0, 0.1) is 11.3 Å². The molecule has 3 rings (SSSR count). The van der Waals surface area contributed by atoms with E-state index < -0.39 is 13.7 Å². The smallest absolute Gasteiger partial charge is 0.314 e. The molecule has 0 spiro atoms. The molecule has 214 valence electrons. The van der Waals surface area contributed by atoms with Crippen LogP contribution in [0.15, 0.2) is 60.7 Å². The second kappa shape index (κ2) is 13.4. The lowest BCUT2D eigenvalue weighted by molar-refractivity contribution is -0.169. The highest BCUT2D eigenvalue weighted by atomic mass is 28.4. The van der Waals surface area contributed by atoms with Gasteiger partial charge in [0.2, 0.25) is 0 Å². The maximum atomic E-state index is 13.9. The van der Waals surface area contributed by atoms with Crippen molar-refractivity contribution >= 4 is 20.1 Å². The van der Waals surface area contributed by atoms with Crippen molar-refractivity contribution in [3.8, 4) is 0 Å². The summed E-state index contributed by atoms with van der Waals surface area (Å²) in [6, 6.07) is 20.9. The van der Waals surface area contributed by atoms with Gasteiger partial charge in [-0.1, -0.05) is 87.9 Å². The first-order valence-electron chi connectivity index (χ1n) is 14.5. The van der Waals surface area contributed by atoms with Gasteiger partial charge < -0.3 is 9.16 Å². The van der Waals surface area contributed by atoms with Crippen LogP contribution in [0.3, 0.4) is 0 Å². The average Bonchev–Trinajstić information content (AvgIpc) is 2.88. The first-order valence-corrected chi connectivity index (χ1v) is 17.4. The quantitative estimate of drug-likeness (QED) is 0.203. The van der Waals surface area contributed by atoms with Crippen LogP contribution in [0.2, 0.25) is 18.1 Å². The van der Waals surface area contributed by atoms with E-state index in [1.807, 2.05) is 19.1 Å². The minimum absolute atomic E-state index is 0.0283. The Hall–Kier alpha value is -2.28. The number of esters is 1. The molecule has 6 heteroatoms. The second-order valence-corrected chi connectivity index (χ2v) is 17.5. The molecule has 0 bridgehead atoms. The summed E-state index contributed by atoms with van der Waals surface area (Å²) < 4.78 is 13.0. The Morgan fingerprint density at radius 1 is 1.00 bits per heavy atom. The Bertz CT molecular complexity index is 1020. The van der Waals surface area contributed by atoms with Crippen LogP contribution in [0.25, 0.3) is 0 Å². The van der Waals surface area contributed by atoms with Crippen LogP contribution in [-0.2, 0) is 31.8 Å². The predicted molar refractivity (Wildman–Crippen MR) is 161 cm³/mol. The van der Waals surface area contributed by atoms with Gasteiger partial charge in [-0.05, 0) is 62.4 Å². The summed E-state index contributed by atoms with van der Waals surface area (Å²) in [5.74, 6) is -0.204. The molecule has 0 radical (unpaired) electrons. The minimum Gasteiger partial charge on any atom is -0.465 e. The number of nitrogens with zero attached hydrogens (tertiary/aromatic N) is 1. The van der Waals surface area contributed by atoms with E-state index in [2.05, 4.69) is 87.3 Å². The lowest BCUT2D eigenvalue weighted by Crippen LogP contribution is -2.57. The summed E-state index contributed by atoms with van der Waals surface area (Å²) in [4.78, 5) is 29.0. The molecular weight excluding hydrogens is 502 g/mol. The van der Waals surface area contributed by atoms with Gasteiger partial charge in [-0.25, -0.2) is 0 Å². The summed E-state index contributed by atoms with van der Waals surface area (Å²) in [6.07, 6.45) is 2.43. The van der Waals surface area contributed by atoms with E-state index >= 15 is 0 Å². The Labute approximate surface area is 237 Å². The van der Waals surface area contributed by atoms with E-state index in [1.165, 1.54) is 11.1 Å². The van der Waals surface area contributed by atoms with Crippen LogP contribution in [0.1, 0.15) is 71.4 Å². The molecule has 3 unspecified atom stereocenters. The van der Waals surface area contributed by atoms with Gasteiger partial charge in [0.05, 0.1) is 18.1 Å². The number of carbonyl (C=O) groups is 2. The fourth-order valence-electron chi connectivity index (χ4n) is 5.50. The van der Waals surface area contributed by atoms with Crippen molar-refractivity contribution < 1.29 is 18.8 Å². The molecule has 5 nitrogen and oxygen atoms in total. The third-order valence-electron chi connectivity index (χ3n) is 8.82. The van der Waals surface area contributed by atoms with Crippen molar-refractivity contribution in [1.82, 2.24) is 4.90 Å². The predicted octanol–water partition coefficient (Wildman–Crippen LogP) is 7.41. The van der Waals surface area contributed by atoms with E-state index in [0.717, 1.165) is 25.9 Å². The van der Waals surface area contributed by atoms with Crippen LogP contribution < -0.4 is 0 Å². The van der Waals surface area contributed by atoms with E-state index in [-0.39, 0.29) is 28.8 Å². The van der Waals surface area contributed by atoms with Crippen molar-refractivity contribution in [1.29, 1.82) is 0 Å².